The number of nitrogens with zero attached hydrogens (tertiary/aromatic N) is 1. The minimum atomic E-state index is -0.529. The molecule has 0 saturated heterocycles. The largest absolute Gasteiger partial charge is 0.466 e. The Bertz CT molecular complexity index is 576. The van der Waals surface area contributed by atoms with E-state index in [1.165, 1.54) is 0 Å². The van der Waals surface area contributed by atoms with Gasteiger partial charge in [-0.2, -0.15) is 5.10 Å². The molecule has 0 aliphatic carbocycles. The molecular formula is C14H15N3O3. The fourth-order valence-electron chi connectivity index (χ4n) is 1.70. The Kier molecular flexibility index (Phi) is 4.49. The molecule has 2 N–H and O–H groups in total. The van der Waals surface area contributed by atoms with Gasteiger partial charge in [0.05, 0.1) is 12.3 Å². The summed E-state index contributed by atoms with van der Waals surface area (Å²) in [6, 6.07) is 9.09. The Morgan fingerprint density at radius 1 is 1.25 bits per heavy atom. The van der Waals surface area contributed by atoms with Crippen LogP contribution in [0.5, 0.6) is 0 Å². The molecule has 0 saturated carbocycles. The summed E-state index contributed by atoms with van der Waals surface area (Å²) in [7, 11) is 0. The standard InChI is InChI=1S/C14H15N3O3/c1-2-20-14(19)9-13(18)16-11-5-3-10(4-6-11)12-7-8-15-17-12/h3-8H,2,9H2,1H3,(H,15,17)(H,16,18). The molecule has 0 fully saturated rings. The molecule has 0 radical (unpaired) electrons. The van der Waals surface area contributed by atoms with Gasteiger partial charge in [-0.05, 0) is 30.7 Å². The quantitative estimate of drug-likeness (QED) is 0.644. The Morgan fingerprint density at radius 3 is 2.60 bits per heavy atom. The second-order valence-corrected chi connectivity index (χ2v) is 4.08. The maximum atomic E-state index is 11.6. The normalized spacial score (nSPS) is 10.1. The van der Waals surface area contributed by atoms with Gasteiger partial charge in [0.1, 0.15) is 6.42 Å². The monoisotopic (exact) mass is 273 g/mol. The van der Waals surface area contributed by atoms with Gasteiger partial charge >= 0.3 is 5.97 Å². The number of hydrogen-bond acceptors (Lipinski definition) is 4. The first-order valence-electron chi connectivity index (χ1n) is 6.24. The lowest BCUT2D eigenvalue weighted by Gasteiger charge is -2.06. The molecule has 0 aliphatic rings. The molecule has 1 amide bonds. The minimum absolute atomic E-state index is 0.269. The van der Waals surface area contributed by atoms with E-state index in [9.17, 15) is 9.59 Å². The van der Waals surface area contributed by atoms with E-state index < -0.39 is 11.9 Å². The average molecular weight is 273 g/mol. The second kappa shape index (κ2) is 6.51. The number of amides is 1. The van der Waals surface area contributed by atoms with Gasteiger partial charge in [-0.25, -0.2) is 0 Å². The Balaban J connectivity index is 1.94. The van der Waals surface area contributed by atoms with Crippen LogP contribution in [0.1, 0.15) is 13.3 Å². The van der Waals surface area contributed by atoms with E-state index in [1.807, 2.05) is 18.2 Å². The highest BCUT2D eigenvalue weighted by Crippen LogP contribution is 2.18. The minimum Gasteiger partial charge on any atom is -0.466 e. The highest BCUT2D eigenvalue weighted by atomic mass is 16.5. The molecule has 0 aliphatic heterocycles. The van der Waals surface area contributed by atoms with Crippen LogP contribution in [0.2, 0.25) is 0 Å². The Hall–Kier alpha value is -2.63. The van der Waals surface area contributed by atoms with Gasteiger partial charge in [0.15, 0.2) is 0 Å². The third-order valence-corrected chi connectivity index (χ3v) is 2.59. The number of aromatic nitrogens is 2. The van der Waals surface area contributed by atoms with E-state index in [0.717, 1.165) is 11.3 Å². The van der Waals surface area contributed by atoms with Crippen LogP contribution >= 0.6 is 0 Å². The molecule has 0 unspecified atom stereocenters. The molecule has 6 heteroatoms. The highest BCUT2D eigenvalue weighted by Gasteiger charge is 2.10. The van der Waals surface area contributed by atoms with Crippen molar-refractivity contribution in [3.05, 3.63) is 36.5 Å². The molecule has 6 nitrogen and oxygen atoms in total. The molecule has 0 spiro atoms. The van der Waals surface area contributed by atoms with Crippen LogP contribution in [0.4, 0.5) is 5.69 Å². The van der Waals surface area contributed by atoms with Gasteiger partial charge in [0.2, 0.25) is 5.91 Å². The van der Waals surface area contributed by atoms with Crippen LogP contribution in [-0.2, 0) is 14.3 Å². The summed E-state index contributed by atoms with van der Waals surface area (Å²) in [6.07, 6.45) is 1.39. The molecule has 0 atom stereocenters. The summed E-state index contributed by atoms with van der Waals surface area (Å²) >= 11 is 0. The summed E-state index contributed by atoms with van der Waals surface area (Å²) in [5.74, 6) is -0.920. The zero-order valence-electron chi connectivity index (χ0n) is 11.1. The van der Waals surface area contributed by atoms with Gasteiger partial charge in [-0.15, -0.1) is 0 Å². The van der Waals surface area contributed by atoms with E-state index in [-0.39, 0.29) is 13.0 Å². The molecule has 2 aromatic rings. The third-order valence-electron chi connectivity index (χ3n) is 2.59. The maximum Gasteiger partial charge on any atom is 0.315 e. The van der Waals surface area contributed by atoms with Gasteiger partial charge in [0, 0.05) is 11.9 Å². The van der Waals surface area contributed by atoms with Crippen molar-refractivity contribution in [2.24, 2.45) is 0 Å². The van der Waals surface area contributed by atoms with E-state index in [0.29, 0.717) is 5.69 Å². The number of esters is 1. The second-order valence-electron chi connectivity index (χ2n) is 4.08. The molecule has 2 rings (SSSR count). The topological polar surface area (TPSA) is 84.1 Å². The summed E-state index contributed by atoms with van der Waals surface area (Å²) in [5, 5.41) is 9.37. The molecule has 1 heterocycles. The zero-order valence-corrected chi connectivity index (χ0v) is 11.1. The number of ether oxygens (including phenoxy) is 1. The first-order valence-corrected chi connectivity index (χ1v) is 6.24. The molecule has 0 bridgehead atoms. The van der Waals surface area contributed by atoms with Crippen LogP contribution in [-0.4, -0.2) is 28.7 Å². The number of benzene rings is 1. The first kappa shape index (κ1) is 13.8. The third kappa shape index (κ3) is 3.68. The lowest BCUT2D eigenvalue weighted by atomic mass is 10.1. The summed E-state index contributed by atoms with van der Waals surface area (Å²) in [4.78, 5) is 22.7. The number of nitrogens with one attached hydrogen (secondary N) is 2. The lowest BCUT2D eigenvalue weighted by molar-refractivity contribution is -0.145. The lowest BCUT2D eigenvalue weighted by Crippen LogP contribution is -2.18. The van der Waals surface area contributed by atoms with Crippen molar-refractivity contribution in [1.29, 1.82) is 0 Å². The number of aromatic amines is 1. The Labute approximate surface area is 116 Å². The summed E-state index contributed by atoms with van der Waals surface area (Å²) < 4.78 is 4.71. The number of hydrogen-bond donors (Lipinski definition) is 2. The van der Waals surface area contributed by atoms with Crippen LogP contribution < -0.4 is 5.32 Å². The highest BCUT2D eigenvalue weighted by molar-refractivity contribution is 6.01. The van der Waals surface area contributed by atoms with E-state index in [2.05, 4.69) is 15.5 Å². The number of H-pyrrole nitrogens is 1. The van der Waals surface area contributed by atoms with Gasteiger partial charge in [0.25, 0.3) is 0 Å². The number of carbonyl (C=O) groups excluding carboxylic acids is 2. The Morgan fingerprint density at radius 2 is 2.00 bits per heavy atom. The van der Waals surface area contributed by atoms with E-state index in [4.69, 9.17) is 4.74 Å². The number of carbonyl (C=O) groups is 2. The van der Waals surface area contributed by atoms with Crippen LogP contribution in [0.3, 0.4) is 0 Å². The molecule has 20 heavy (non-hydrogen) atoms. The van der Waals surface area contributed by atoms with Crippen molar-refractivity contribution in [3.63, 3.8) is 0 Å². The van der Waals surface area contributed by atoms with Crippen molar-refractivity contribution in [2.75, 3.05) is 11.9 Å². The number of rotatable bonds is 5. The maximum absolute atomic E-state index is 11.6. The zero-order chi connectivity index (χ0) is 14.4. The average Bonchev–Trinajstić information content (AvgIpc) is 2.93. The van der Waals surface area contributed by atoms with Gasteiger partial charge in [-0.1, -0.05) is 12.1 Å². The van der Waals surface area contributed by atoms with Crippen LogP contribution in [0.25, 0.3) is 11.3 Å². The molecule has 104 valence electrons. The van der Waals surface area contributed by atoms with Crippen molar-refractivity contribution in [1.82, 2.24) is 10.2 Å². The smallest absolute Gasteiger partial charge is 0.315 e. The van der Waals surface area contributed by atoms with Crippen LogP contribution in [0, 0.1) is 0 Å². The van der Waals surface area contributed by atoms with Crippen molar-refractivity contribution in [3.8, 4) is 11.3 Å². The van der Waals surface area contributed by atoms with Crippen molar-refractivity contribution < 1.29 is 14.3 Å². The predicted molar refractivity (Wildman–Crippen MR) is 73.9 cm³/mol. The first-order chi connectivity index (χ1) is 9.69. The predicted octanol–water partition coefficient (Wildman–Crippen LogP) is 1.97. The van der Waals surface area contributed by atoms with Gasteiger partial charge in [-0.3, -0.25) is 14.7 Å². The summed E-state index contributed by atoms with van der Waals surface area (Å²) in [5.41, 5.74) is 2.49. The number of anilines is 1. The van der Waals surface area contributed by atoms with Gasteiger partial charge < -0.3 is 10.1 Å². The fourth-order valence-corrected chi connectivity index (χ4v) is 1.70. The summed E-state index contributed by atoms with van der Waals surface area (Å²) in [6.45, 7) is 1.97. The SMILES string of the molecule is CCOC(=O)CC(=O)Nc1ccc(-c2ccn[nH]2)cc1. The van der Waals surface area contributed by atoms with Crippen LogP contribution in [0.15, 0.2) is 36.5 Å². The molecular weight excluding hydrogens is 258 g/mol. The van der Waals surface area contributed by atoms with Crippen molar-refractivity contribution in [2.45, 2.75) is 13.3 Å². The van der Waals surface area contributed by atoms with Crippen molar-refractivity contribution >= 4 is 17.6 Å². The molecule has 1 aromatic heterocycles. The molecule has 1 aromatic carbocycles. The van der Waals surface area contributed by atoms with E-state index in [1.54, 1.807) is 25.3 Å². The van der Waals surface area contributed by atoms with E-state index >= 15 is 0 Å². The fraction of sp³-hybridized carbons (Fsp3) is 0.214.